The Morgan fingerprint density at radius 3 is 2.81 bits per heavy atom. The second-order valence-electron chi connectivity index (χ2n) is 3.63. The van der Waals surface area contributed by atoms with Gasteiger partial charge in [-0.1, -0.05) is 23.7 Å². The zero-order chi connectivity index (χ0) is 11.5. The molecule has 1 aromatic rings. The molecule has 1 aliphatic rings. The number of amides is 2. The predicted octanol–water partition coefficient (Wildman–Crippen LogP) is 1.56. The van der Waals surface area contributed by atoms with Gasteiger partial charge in [0, 0.05) is 6.42 Å². The third kappa shape index (κ3) is 2.33. The standard InChI is InChI=1S/C11H11ClN2O2/c12-7-3-1-2-4-8(7)14-11(16)9-5-6-10(15)13-9/h1-4,9H,5-6H2,(H,13,15)(H,14,16)/t9-/m1/s1. The molecule has 2 N–H and O–H groups in total. The topological polar surface area (TPSA) is 58.2 Å². The van der Waals surface area contributed by atoms with Gasteiger partial charge in [0.2, 0.25) is 11.8 Å². The largest absolute Gasteiger partial charge is 0.344 e. The molecular weight excluding hydrogens is 228 g/mol. The van der Waals surface area contributed by atoms with E-state index in [9.17, 15) is 9.59 Å². The van der Waals surface area contributed by atoms with E-state index >= 15 is 0 Å². The molecule has 1 saturated heterocycles. The fourth-order valence-corrected chi connectivity index (χ4v) is 1.78. The van der Waals surface area contributed by atoms with Gasteiger partial charge in [0.1, 0.15) is 6.04 Å². The minimum Gasteiger partial charge on any atom is -0.344 e. The number of benzene rings is 1. The molecule has 1 heterocycles. The molecule has 1 atom stereocenters. The summed E-state index contributed by atoms with van der Waals surface area (Å²) in [5, 5.41) is 5.77. The van der Waals surface area contributed by atoms with Crippen LogP contribution in [0.15, 0.2) is 24.3 Å². The van der Waals surface area contributed by atoms with E-state index in [0.29, 0.717) is 23.6 Å². The summed E-state index contributed by atoms with van der Waals surface area (Å²) in [6.45, 7) is 0. The Morgan fingerprint density at radius 1 is 1.44 bits per heavy atom. The molecule has 4 nitrogen and oxygen atoms in total. The summed E-state index contributed by atoms with van der Waals surface area (Å²) in [4.78, 5) is 22.7. The highest BCUT2D eigenvalue weighted by atomic mass is 35.5. The van der Waals surface area contributed by atoms with Crippen LogP contribution in [0.3, 0.4) is 0 Å². The number of carbonyl (C=O) groups excluding carboxylic acids is 2. The molecule has 16 heavy (non-hydrogen) atoms. The van der Waals surface area contributed by atoms with Gasteiger partial charge in [0.05, 0.1) is 10.7 Å². The lowest BCUT2D eigenvalue weighted by Crippen LogP contribution is -2.37. The van der Waals surface area contributed by atoms with Crippen molar-refractivity contribution in [3.63, 3.8) is 0 Å². The van der Waals surface area contributed by atoms with E-state index in [2.05, 4.69) is 10.6 Å². The number of carbonyl (C=O) groups is 2. The first-order chi connectivity index (χ1) is 7.66. The van der Waals surface area contributed by atoms with Crippen LogP contribution in [0.4, 0.5) is 5.69 Å². The van der Waals surface area contributed by atoms with Crippen LogP contribution in [0, 0.1) is 0 Å². The minimum absolute atomic E-state index is 0.0840. The second-order valence-corrected chi connectivity index (χ2v) is 4.04. The Kier molecular flexibility index (Phi) is 3.10. The highest BCUT2D eigenvalue weighted by Gasteiger charge is 2.27. The summed E-state index contributed by atoms with van der Waals surface area (Å²) in [6, 6.07) is 6.55. The maximum absolute atomic E-state index is 11.7. The average Bonchev–Trinajstić information content (AvgIpc) is 2.68. The van der Waals surface area contributed by atoms with Gasteiger partial charge >= 0.3 is 0 Å². The molecule has 0 bridgehead atoms. The van der Waals surface area contributed by atoms with Gasteiger partial charge in [0.15, 0.2) is 0 Å². The van der Waals surface area contributed by atoms with Crippen LogP contribution in [0.25, 0.3) is 0 Å². The van der Waals surface area contributed by atoms with Crippen molar-refractivity contribution in [1.82, 2.24) is 5.32 Å². The van der Waals surface area contributed by atoms with Crippen molar-refractivity contribution in [2.24, 2.45) is 0 Å². The summed E-state index contributed by atoms with van der Waals surface area (Å²) < 4.78 is 0. The van der Waals surface area contributed by atoms with Crippen LogP contribution in [-0.4, -0.2) is 17.9 Å². The van der Waals surface area contributed by atoms with Crippen LogP contribution >= 0.6 is 11.6 Å². The first-order valence-corrected chi connectivity index (χ1v) is 5.39. The summed E-state index contributed by atoms with van der Waals surface area (Å²) >= 11 is 5.90. The van der Waals surface area contributed by atoms with Crippen molar-refractivity contribution >= 4 is 29.1 Å². The molecule has 0 aliphatic carbocycles. The van der Waals surface area contributed by atoms with E-state index in [1.165, 1.54) is 0 Å². The lowest BCUT2D eigenvalue weighted by molar-refractivity contribution is -0.122. The lowest BCUT2D eigenvalue weighted by Gasteiger charge is -2.11. The Bertz CT molecular complexity index is 434. The van der Waals surface area contributed by atoms with Gasteiger partial charge in [-0.3, -0.25) is 9.59 Å². The third-order valence-electron chi connectivity index (χ3n) is 2.44. The van der Waals surface area contributed by atoms with Crippen molar-refractivity contribution < 1.29 is 9.59 Å². The van der Waals surface area contributed by atoms with E-state index in [0.717, 1.165) is 0 Å². The fraction of sp³-hybridized carbons (Fsp3) is 0.273. The molecule has 2 rings (SSSR count). The smallest absolute Gasteiger partial charge is 0.247 e. The molecule has 0 unspecified atom stereocenters. The van der Waals surface area contributed by atoms with Crippen molar-refractivity contribution in [3.8, 4) is 0 Å². The first-order valence-electron chi connectivity index (χ1n) is 5.01. The van der Waals surface area contributed by atoms with Crippen LogP contribution in [0.5, 0.6) is 0 Å². The molecule has 1 fully saturated rings. The van der Waals surface area contributed by atoms with Gasteiger partial charge in [-0.25, -0.2) is 0 Å². The van der Waals surface area contributed by atoms with Crippen LogP contribution < -0.4 is 10.6 Å². The van der Waals surface area contributed by atoms with Gasteiger partial charge < -0.3 is 10.6 Å². The zero-order valence-electron chi connectivity index (χ0n) is 8.50. The number of para-hydroxylation sites is 1. The Hall–Kier alpha value is -1.55. The minimum atomic E-state index is -0.441. The van der Waals surface area contributed by atoms with Gasteiger partial charge in [-0.05, 0) is 18.6 Å². The molecule has 0 radical (unpaired) electrons. The maximum Gasteiger partial charge on any atom is 0.247 e. The summed E-state index contributed by atoms with van der Waals surface area (Å²) in [6.07, 6.45) is 0.940. The number of hydrogen-bond donors (Lipinski definition) is 2. The Balaban J connectivity index is 2.03. The molecular formula is C11H11ClN2O2. The zero-order valence-corrected chi connectivity index (χ0v) is 9.25. The Morgan fingerprint density at radius 2 is 2.19 bits per heavy atom. The van der Waals surface area contributed by atoms with Crippen molar-refractivity contribution in [2.45, 2.75) is 18.9 Å². The molecule has 0 aromatic heterocycles. The molecule has 1 aliphatic heterocycles. The fourth-order valence-electron chi connectivity index (χ4n) is 1.59. The number of anilines is 1. The van der Waals surface area contributed by atoms with E-state index in [1.54, 1.807) is 24.3 Å². The first kappa shape index (κ1) is 11.0. The molecule has 1 aromatic carbocycles. The highest BCUT2D eigenvalue weighted by molar-refractivity contribution is 6.33. The van der Waals surface area contributed by atoms with Crippen molar-refractivity contribution in [2.75, 3.05) is 5.32 Å². The normalized spacial score (nSPS) is 19.3. The summed E-state index contributed by atoms with van der Waals surface area (Å²) in [5.41, 5.74) is 0.565. The summed E-state index contributed by atoms with van der Waals surface area (Å²) in [5.74, 6) is -0.307. The van der Waals surface area contributed by atoms with E-state index in [1.807, 2.05) is 0 Å². The highest BCUT2D eigenvalue weighted by Crippen LogP contribution is 2.21. The third-order valence-corrected chi connectivity index (χ3v) is 2.77. The van der Waals surface area contributed by atoms with E-state index < -0.39 is 6.04 Å². The molecule has 84 valence electrons. The predicted molar refractivity (Wildman–Crippen MR) is 61.2 cm³/mol. The van der Waals surface area contributed by atoms with Crippen molar-refractivity contribution in [3.05, 3.63) is 29.3 Å². The van der Waals surface area contributed by atoms with Crippen LogP contribution in [0.1, 0.15) is 12.8 Å². The Labute approximate surface area is 98.0 Å². The monoisotopic (exact) mass is 238 g/mol. The molecule has 2 amide bonds. The quantitative estimate of drug-likeness (QED) is 0.822. The lowest BCUT2D eigenvalue weighted by atomic mass is 10.2. The number of rotatable bonds is 2. The van der Waals surface area contributed by atoms with Gasteiger partial charge in [-0.15, -0.1) is 0 Å². The van der Waals surface area contributed by atoms with Crippen molar-refractivity contribution in [1.29, 1.82) is 0 Å². The second kappa shape index (κ2) is 4.53. The van der Waals surface area contributed by atoms with Gasteiger partial charge in [0.25, 0.3) is 0 Å². The molecule has 5 heteroatoms. The number of hydrogen-bond acceptors (Lipinski definition) is 2. The average molecular weight is 239 g/mol. The molecule has 0 saturated carbocycles. The van der Waals surface area contributed by atoms with Crippen LogP contribution in [-0.2, 0) is 9.59 Å². The van der Waals surface area contributed by atoms with E-state index in [4.69, 9.17) is 11.6 Å². The maximum atomic E-state index is 11.7. The number of nitrogens with one attached hydrogen (secondary N) is 2. The van der Waals surface area contributed by atoms with Gasteiger partial charge in [-0.2, -0.15) is 0 Å². The SMILES string of the molecule is O=C1CC[C@H](C(=O)Nc2ccccc2Cl)N1. The number of halogens is 1. The van der Waals surface area contributed by atoms with E-state index in [-0.39, 0.29) is 11.8 Å². The summed E-state index contributed by atoms with van der Waals surface area (Å²) in [7, 11) is 0. The molecule has 0 spiro atoms. The van der Waals surface area contributed by atoms with Crippen LogP contribution in [0.2, 0.25) is 5.02 Å².